The number of hydrogen-bond acceptors (Lipinski definition) is 8. The lowest BCUT2D eigenvalue weighted by molar-refractivity contribution is -0.0512. The van der Waals surface area contributed by atoms with E-state index in [1.807, 2.05) is 0 Å². The molecule has 31 heavy (non-hydrogen) atoms. The molecule has 1 atom stereocenters. The van der Waals surface area contributed by atoms with E-state index in [1.165, 1.54) is 13.2 Å². The highest BCUT2D eigenvalue weighted by atomic mass is 19.3. The zero-order valence-electron chi connectivity index (χ0n) is 18.0. The normalized spacial score (nSPS) is 21.1. The lowest BCUT2D eigenvalue weighted by atomic mass is 10.2. The van der Waals surface area contributed by atoms with Crippen molar-refractivity contribution in [2.45, 2.75) is 32.5 Å². The van der Waals surface area contributed by atoms with Gasteiger partial charge in [0.15, 0.2) is 11.5 Å². The summed E-state index contributed by atoms with van der Waals surface area (Å²) in [6.45, 7) is 7.56. The van der Waals surface area contributed by atoms with Crippen LogP contribution >= 0.6 is 0 Å². The number of rotatable bonds is 8. The van der Waals surface area contributed by atoms with Gasteiger partial charge in [-0.25, -0.2) is 0 Å². The topological polar surface area (TPSA) is 67.1 Å². The van der Waals surface area contributed by atoms with E-state index < -0.39 is 6.61 Å². The zero-order chi connectivity index (χ0) is 21.8. The maximum atomic E-state index is 12.5. The molecule has 8 nitrogen and oxygen atoms in total. The fourth-order valence-corrected chi connectivity index (χ4v) is 4.33. The van der Waals surface area contributed by atoms with Gasteiger partial charge in [-0.2, -0.15) is 13.8 Å². The molecule has 4 rings (SSSR count). The lowest BCUT2D eigenvalue weighted by Gasteiger charge is -2.37. The minimum absolute atomic E-state index is 0.0344. The number of hydrogen-bond donors (Lipinski definition) is 0. The molecule has 1 aromatic heterocycles. The molecule has 0 N–H and O–H groups in total. The molecule has 10 heteroatoms. The van der Waals surface area contributed by atoms with Crippen LogP contribution in [0.4, 0.5) is 8.78 Å². The summed E-state index contributed by atoms with van der Waals surface area (Å²) in [5.74, 6) is 1.09. The van der Waals surface area contributed by atoms with Crippen LogP contribution in [0, 0.1) is 0 Å². The van der Waals surface area contributed by atoms with Gasteiger partial charge in [-0.05, 0) is 31.2 Å². The first-order valence-corrected chi connectivity index (χ1v) is 10.7. The molecule has 0 unspecified atom stereocenters. The zero-order valence-corrected chi connectivity index (χ0v) is 18.0. The molecule has 0 saturated carbocycles. The van der Waals surface area contributed by atoms with Gasteiger partial charge in [0, 0.05) is 50.9 Å². The van der Waals surface area contributed by atoms with Crippen molar-refractivity contribution < 1.29 is 22.8 Å². The molecule has 2 saturated heterocycles. The van der Waals surface area contributed by atoms with Crippen LogP contribution in [0.15, 0.2) is 22.7 Å². The van der Waals surface area contributed by atoms with Crippen LogP contribution < -0.4 is 9.47 Å². The van der Waals surface area contributed by atoms with Crippen LogP contribution in [-0.2, 0) is 6.54 Å². The van der Waals surface area contributed by atoms with Crippen LogP contribution in [0.5, 0.6) is 11.5 Å². The first-order valence-electron chi connectivity index (χ1n) is 10.7. The van der Waals surface area contributed by atoms with Crippen LogP contribution in [0.3, 0.4) is 0 Å². The van der Waals surface area contributed by atoms with Gasteiger partial charge in [0.2, 0.25) is 11.7 Å². The van der Waals surface area contributed by atoms with Crippen molar-refractivity contribution in [1.29, 1.82) is 0 Å². The number of likely N-dealkylation sites (tertiary alicyclic amines) is 1. The molecule has 2 aliphatic rings. The van der Waals surface area contributed by atoms with Crippen molar-refractivity contribution >= 4 is 0 Å². The smallest absolute Gasteiger partial charge is 0.387 e. The predicted octanol–water partition coefficient (Wildman–Crippen LogP) is 2.56. The monoisotopic (exact) mass is 437 g/mol. The SMILES string of the molecule is CCN1CCN([C@@H]2CCN(Cc3nc(-c4ccc(OC(F)F)c(OC)c4)no3)C2)CC1. The van der Waals surface area contributed by atoms with E-state index in [9.17, 15) is 8.78 Å². The number of nitrogens with zero attached hydrogens (tertiary/aromatic N) is 5. The van der Waals surface area contributed by atoms with Crippen LogP contribution in [0.25, 0.3) is 11.4 Å². The van der Waals surface area contributed by atoms with Gasteiger partial charge in [-0.3, -0.25) is 9.80 Å². The van der Waals surface area contributed by atoms with Gasteiger partial charge in [0.1, 0.15) is 0 Å². The highest BCUT2D eigenvalue weighted by Crippen LogP contribution is 2.32. The maximum absolute atomic E-state index is 12.5. The van der Waals surface area contributed by atoms with E-state index in [-0.39, 0.29) is 11.5 Å². The van der Waals surface area contributed by atoms with E-state index in [0.29, 0.717) is 29.9 Å². The Labute approximate surface area is 180 Å². The summed E-state index contributed by atoms with van der Waals surface area (Å²) >= 11 is 0. The standard InChI is InChI=1S/C21H29F2N5O3/c1-3-26-8-10-28(11-9-26)16-6-7-27(13-16)14-19-24-20(25-31-19)15-4-5-17(30-21(22)23)18(12-15)29-2/h4-5,12,16,21H,3,6-11,13-14H2,1-2H3/t16-/m1/s1. The second-order valence-electron chi connectivity index (χ2n) is 7.90. The Balaban J connectivity index is 1.34. The summed E-state index contributed by atoms with van der Waals surface area (Å²) in [4.78, 5) is 11.9. The van der Waals surface area contributed by atoms with E-state index >= 15 is 0 Å². The van der Waals surface area contributed by atoms with Gasteiger partial charge in [0.05, 0.1) is 13.7 Å². The largest absolute Gasteiger partial charge is 0.493 e. The fourth-order valence-electron chi connectivity index (χ4n) is 4.33. The van der Waals surface area contributed by atoms with Crippen molar-refractivity contribution in [3.63, 3.8) is 0 Å². The molecule has 0 radical (unpaired) electrons. The number of halogens is 2. The molecule has 2 aliphatic heterocycles. The second-order valence-corrected chi connectivity index (χ2v) is 7.90. The highest BCUT2D eigenvalue weighted by Gasteiger charge is 2.30. The molecule has 3 heterocycles. The van der Waals surface area contributed by atoms with E-state index in [1.54, 1.807) is 12.1 Å². The van der Waals surface area contributed by atoms with E-state index in [0.717, 1.165) is 52.2 Å². The number of piperazine rings is 1. The molecule has 1 aromatic carbocycles. The molecule has 0 amide bonds. The van der Waals surface area contributed by atoms with Gasteiger partial charge in [0.25, 0.3) is 0 Å². The number of aromatic nitrogens is 2. The first kappa shape index (κ1) is 21.9. The quantitative estimate of drug-likeness (QED) is 0.624. The fraction of sp³-hybridized carbons (Fsp3) is 0.619. The Kier molecular flexibility index (Phi) is 6.99. The van der Waals surface area contributed by atoms with E-state index in [4.69, 9.17) is 9.26 Å². The Bertz CT molecular complexity index is 857. The van der Waals surface area contributed by atoms with Gasteiger partial charge < -0.3 is 18.9 Å². The third-order valence-electron chi connectivity index (χ3n) is 6.08. The second kappa shape index (κ2) is 9.88. The summed E-state index contributed by atoms with van der Waals surface area (Å²) in [7, 11) is 1.39. The summed E-state index contributed by atoms with van der Waals surface area (Å²) in [6, 6.07) is 5.16. The summed E-state index contributed by atoms with van der Waals surface area (Å²) in [5.41, 5.74) is 0.613. The highest BCUT2D eigenvalue weighted by molar-refractivity contribution is 5.60. The number of methoxy groups -OCH3 is 1. The van der Waals surface area contributed by atoms with Crippen molar-refractivity contribution in [2.75, 3.05) is 52.9 Å². The number of benzene rings is 1. The molecule has 2 fully saturated rings. The predicted molar refractivity (Wildman–Crippen MR) is 110 cm³/mol. The minimum atomic E-state index is -2.92. The molecular weight excluding hydrogens is 408 g/mol. The third kappa shape index (κ3) is 5.31. The average Bonchev–Trinajstić information content (AvgIpc) is 3.44. The van der Waals surface area contributed by atoms with Crippen molar-refractivity contribution in [3.8, 4) is 22.9 Å². The minimum Gasteiger partial charge on any atom is -0.493 e. The summed E-state index contributed by atoms with van der Waals surface area (Å²) in [6.07, 6.45) is 1.15. The average molecular weight is 437 g/mol. The molecule has 0 spiro atoms. The lowest BCUT2D eigenvalue weighted by Crippen LogP contribution is -2.50. The number of likely N-dealkylation sites (N-methyl/N-ethyl adjacent to an activating group) is 1. The first-order chi connectivity index (χ1) is 15.1. The Hall–Kier alpha value is -2.30. The van der Waals surface area contributed by atoms with Crippen LogP contribution in [0.1, 0.15) is 19.2 Å². The maximum Gasteiger partial charge on any atom is 0.387 e. The summed E-state index contributed by atoms with van der Waals surface area (Å²) in [5, 5.41) is 4.05. The number of ether oxygens (including phenoxy) is 2. The summed E-state index contributed by atoms with van der Waals surface area (Å²) < 4.78 is 40.1. The van der Waals surface area contributed by atoms with Crippen molar-refractivity contribution in [2.24, 2.45) is 0 Å². The van der Waals surface area contributed by atoms with Gasteiger partial charge >= 0.3 is 6.61 Å². The molecule has 170 valence electrons. The Morgan fingerprint density at radius 3 is 2.65 bits per heavy atom. The van der Waals surface area contributed by atoms with Crippen molar-refractivity contribution in [1.82, 2.24) is 24.8 Å². The molecule has 0 bridgehead atoms. The molecular formula is C21H29F2N5O3. The Morgan fingerprint density at radius 2 is 1.94 bits per heavy atom. The Morgan fingerprint density at radius 1 is 1.13 bits per heavy atom. The van der Waals surface area contributed by atoms with Gasteiger partial charge in [-0.1, -0.05) is 12.1 Å². The van der Waals surface area contributed by atoms with Crippen LogP contribution in [-0.4, -0.2) is 90.4 Å². The molecule has 0 aliphatic carbocycles. The van der Waals surface area contributed by atoms with E-state index in [2.05, 4.69) is 36.5 Å². The van der Waals surface area contributed by atoms with Gasteiger partial charge in [-0.15, -0.1) is 0 Å². The molecule has 2 aromatic rings. The third-order valence-corrected chi connectivity index (χ3v) is 6.08. The van der Waals surface area contributed by atoms with Crippen LogP contribution in [0.2, 0.25) is 0 Å². The van der Waals surface area contributed by atoms with Crippen molar-refractivity contribution in [3.05, 3.63) is 24.1 Å². The number of alkyl halides is 2.